The molecule has 0 aliphatic rings. The number of benzene rings is 2. The van der Waals surface area contributed by atoms with Crippen LogP contribution in [-0.4, -0.2) is 25.7 Å². The summed E-state index contributed by atoms with van der Waals surface area (Å²) >= 11 is 0. The van der Waals surface area contributed by atoms with E-state index in [2.05, 4.69) is 17.2 Å². The highest BCUT2D eigenvalue weighted by Crippen LogP contribution is 2.14. The maximum Gasteiger partial charge on any atom is 0.258 e. The lowest BCUT2D eigenvalue weighted by atomic mass is 10.3. The Balaban J connectivity index is 1.62. The molecule has 0 saturated carbocycles. The van der Waals surface area contributed by atoms with E-state index in [4.69, 9.17) is 9.47 Å². The second-order valence-electron chi connectivity index (χ2n) is 4.59. The van der Waals surface area contributed by atoms with E-state index in [1.165, 1.54) is 36.4 Å². The summed E-state index contributed by atoms with van der Waals surface area (Å²) in [5, 5.41) is 2.53. The van der Waals surface area contributed by atoms with Crippen molar-refractivity contribution >= 4 is 5.91 Å². The molecule has 0 saturated heterocycles. The minimum absolute atomic E-state index is 0.0167. The Hall–Kier alpha value is -3.07. The number of ether oxygens (including phenoxy) is 2. The molecule has 0 aromatic heterocycles. The number of carbonyl (C=O) groups excluding carboxylic acids is 1. The molecule has 2 aromatic rings. The van der Waals surface area contributed by atoms with Crippen LogP contribution in [0.2, 0.25) is 0 Å². The third kappa shape index (κ3) is 5.97. The first kappa shape index (κ1) is 17.3. The van der Waals surface area contributed by atoms with Gasteiger partial charge in [0, 0.05) is 0 Å². The number of rotatable bonds is 6. The van der Waals surface area contributed by atoms with Crippen molar-refractivity contribution in [3.05, 3.63) is 60.2 Å². The van der Waals surface area contributed by atoms with Gasteiger partial charge in [0.2, 0.25) is 0 Å². The van der Waals surface area contributed by atoms with Gasteiger partial charge < -0.3 is 14.8 Å². The summed E-state index contributed by atoms with van der Waals surface area (Å²) in [6.45, 7) is -0.0613. The van der Waals surface area contributed by atoms with Gasteiger partial charge in [0.25, 0.3) is 5.91 Å². The number of halogens is 2. The fraction of sp³-hybridized carbons (Fsp3) is 0.167. The zero-order valence-electron chi connectivity index (χ0n) is 12.7. The van der Waals surface area contributed by atoms with Gasteiger partial charge in [-0.05, 0) is 36.4 Å². The maximum atomic E-state index is 13.3. The summed E-state index contributed by atoms with van der Waals surface area (Å²) in [7, 11) is 0. The van der Waals surface area contributed by atoms with Crippen molar-refractivity contribution < 1.29 is 23.0 Å². The van der Waals surface area contributed by atoms with Crippen molar-refractivity contribution in [2.75, 3.05) is 19.8 Å². The first-order valence-corrected chi connectivity index (χ1v) is 7.13. The Morgan fingerprint density at radius 2 is 1.75 bits per heavy atom. The first-order chi connectivity index (χ1) is 11.6. The molecule has 0 atom stereocenters. The van der Waals surface area contributed by atoms with Gasteiger partial charge in [0.1, 0.15) is 18.2 Å². The van der Waals surface area contributed by atoms with Crippen molar-refractivity contribution in [3.63, 3.8) is 0 Å². The molecule has 0 bridgehead atoms. The van der Waals surface area contributed by atoms with Gasteiger partial charge >= 0.3 is 0 Å². The van der Waals surface area contributed by atoms with E-state index in [1.807, 2.05) is 0 Å². The van der Waals surface area contributed by atoms with Gasteiger partial charge in [-0.15, -0.1) is 0 Å². The smallest absolute Gasteiger partial charge is 0.258 e. The molecular weight excluding hydrogens is 316 g/mol. The van der Waals surface area contributed by atoms with Crippen LogP contribution in [0.15, 0.2) is 48.5 Å². The van der Waals surface area contributed by atoms with E-state index in [0.717, 1.165) is 0 Å². The summed E-state index contributed by atoms with van der Waals surface area (Å²) in [6, 6.07) is 11.4. The largest absolute Gasteiger partial charge is 0.484 e. The number of hydrogen-bond donors (Lipinski definition) is 1. The zero-order valence-corrected chi connectivity index (χ0v) is 12.7. The standard InChI is InChI=1S/C18H15F2NO3/c19-14-7-9-15(10-8-14)24-13-18(22)21-11-3-4-12-23-17-6-2-1-5-16(17)20/h1-2,5-10H,11-13H2,(H,21,22). The minimum atomic E-state index is -0.453. The highest BCUT2D eigenvalue weighted by atomic mass is 19.1. The van der Waals surface area contributed by atoms with E-state index in [9.17, 15) is 13.6 Å². The molecule has 2 aromatic carbocycles. The highest BCUT2D eigenvalue weighted by molar-refractivity contribution is 5.77. The van der Waals surface area contributed by atoms with E-state index >= 15 is 0 Å². The molecule has 0 aliphatic heterocycles. The van der Waals surface area contributed by atoms with Crippen LogP contribution in [0.3, 0.4) is 0 Å². The van der Waals surface area contributed by atoms with Crippen molar-refractivity contribution in [2.45, 2.75) is 0 Å². The highest BCUT2D eigenvalue weighted by Gasteiger charge is 2.01. The molecule has 0 unspecified atom stereocenters. The van der Waals surface area contributed by atoms with Crippen LogP contribution in [0.4, 0.5) is 8.78 Å². The minimum Gasteiger partial charge on any atom is -0.484 e. The van der Waals surface area contributed by atoms with Crippen LogP contribution >= 0.6 is 0 Å². The van der Waals surface area contributed by atoms with Crippen LogP contribution in [0.5, 0.6) is 11.5 Å². The third-order valence-corrected chi connectivity index (χ3v) is 2.82. The molecular formula is C18H15F2NO3. The summed E-state index contributed by atoms with van der Waals surface area (Å²) in [5.41, 5.74) is 0. The lowest BCUT2D eigenvalue weighted by Gasteiger charge is -2.05. The van der Waals surface area contributed by atoms with Crippen molar-refractivity contribution in [1.29, 1.82) is 0 Å². The molecule has 0 spiro atoms. The predicted molar refractivity (Wildman–Crippen MR) is 84.6 cm³/mol. The molecule has 1 N–H and O–H groups in total. The Bertz CT molecular complexity index is 736. The average molecular weight is 331 g/mol. The van der Waals surface area contributed by atoms with E-state index in [0.29, 0.717) is 5.75 Å². The normalized spacial score (nSPS) is 9.58. The van der Waals surface area contributed by atoms with Crippen LogP contribution in [0.1, 0.15) is 0 Å². The van der Waals surface area contributed by atoms with E-state index in [1.54, 1.807) is 12.1 Å². The average Bonchev–Trinajstić information content (AvgIpc) is 2.59. The maximum absolute atomic E-state index is 13.3. The molecule has 0 fully saturated rings. The first-order valence-electron chi connectivity index (χ1n) is 7.13. The molecule has 1 amide bonds. The number of hydrogen-bond acceptors (Lipinski definition) is 3. The van der Waals surface area contributed by atoms with Crippen LogP contribution < -0.4 is 14.8 Å². The Kier molecular flexibility index (Phi) is 6.59. The molecule has 4 nitrogen and oxygen atoms in total. The Labute approximate surface area is 138 Å². The molecule has 0 aliphatic carbocycles. The quantitative estimate of drug-likeness (QED) is 0.828. The molecule has 2 rings (SSSR count). The van der Waals surface area contributed by atoms with Gasteiger partial charge in [-0.25, -0.2) is 8.78 Å². The second kappa shape index (κ2) is 9.16. The number of carbonyl (C=O) groups is 1. The topological polar surface area (TPSA) is 47.6 Å². The van der Waals surface area contributed by atoms with E-state index < -0.39 is 5.82 Å². The summed E-state index contributed by atoms with van der Waals surface area (Å²) in [4.78, 5) is 11.5. The molecule has 24 heavy (non-hydrogen) atoms. The summed E-state index contributed by atoms with van der Waals surface area (Å²) in [6.07, 6.45) is 0. The molecule has 6 heteroatoms. The Morgan fingerprint density at radius 3 is 2.50 bits per heavy atom. The molecule has 124 valence electrons. The predicted octanol–water partition coefficient (Wildman–Crippen LogP) is 2.54. The number of para-hydroxylation sites is 1. The van der Waals surface area contributed by atoms with Crippen molar-refractivity contribution in [1.82, 2.24) is 5.32 Å². The molecule has 0 heterocycles. The SMILES string of the molecule is O=C(COc1ccc(F)cc1)NCC#CCOc1ccccc1F. The van der Waals surface area contributed by atoms with Crippen LogP contribution in [0.25, 0.3) is 0 Å². The van der Waals surface area contributed by atoms with Crippen molar-refractivity contribution in [2.24, 2.45) is 0 Å². The fourth-order valence-electron chi connectivity index (χ4n) is 1.66. The van der Waals surface area contributed by atoms with E-state index in [-0.39, 0.29) is 37.2 Å². The lowest BCUT2D eigenvalue weighted by molar-refractivity contribution is -0.122. The van der Waals surface area contributed by atoms with Crippen LogP contribution in [0, 0.1) is 23.5 Å². The van der Waals surface area contributed by atoms with Gasteiger partial charge in [0.15, 0.2) is 18.2 Å². The van der Waals surface area contributed by atoms with Crippen molar-refractivity contribution in [3.8, 4) is 23.3 Å². The Morgan fingerprint density at radius 1 is 1.00 bits per heavy atom. The molecule has 0 radical (unpaired) electrons. The van der Waals surface area contributed by atoms with Gasteiger partial charge in [-0.2, -0.15) is 0 Å². The third-order valence-electron chi connectivity index (χ3n) is 2.82. The lowest BCUT2D eigenvalue weighted by Crippen LogP contribution is -2.29. The number of nitrogens with one attached hydrogen (secondary N) is 1. The summed E-state index contributed by atoms with van der Waals surface area (Å²) < 4.78 is 36.3. The fourth-order valence-corrected chi connectivity index (χ4v) is 1.66. The van der Waals surface area contributed by atoms with Gasteiger partial charge in [-0.3, -0.25) is 4.79 Å². The monoisotopic (exact) mass is 331 g/mol. The van der Waals surface area contributed by atoms with Gasteiger partial charge in [-0.1, -0.05) is 24.0 Å². The van der Waals surface area contributed by atoms with Crippen LogP contribution in [-0.2, 0) is 4.79 Å². The summed E-state index contributed by atoms with van der Waals surface area (Å²) in [5.74, 6) is 4.68. The zero-order chi connectivity index (χ0) is 17.2. The number of amides is 1. The van der Waals surface area contributed by atoms with Gasteiger partial charge in [0.05, 0.1) is 6.54 Å². The second-order valence-corrected chi connectivity index (χ2v) is 4.59.